The molecule has 102 valence electrons. The van der Waals surface area contributed by atoms with Crippen molar-refractivity contribution in [3.63, 3.8) is 0 Å². The van der Waals surface area contributed by atoms with E-state index in [1.807, 2.05) is 4.90 Å². The Morgan fingerprint density at radius 1 is 1.26 bits per heavy atom. The zero-order valence-corrected chi connectivity index (χ0v) is 11.1. The van der Waals surface area contributed by atoms with Gasteiger partial charge < -0.3 is 10.0 Å². The van der Waals surface area contributed by atoms with Crippen molar-refractivity contribution in [1.82, 2.24) is 4.90 Å². The first kappa shape index (κ1) is 13.6. The van der Waals surface area contributed by atoms with Crippen LogP contribution in [-0.4, -0.2) is 35.0 Å². The Bertz CT molecular complexity index is 476. The number of amides is 1. The van der Waals surface area contributed by atoms with Crippen LogP contribution in [-0.2, 0) is 11.2 Å². The average Bonchev–Trinajstić information content (AvgIpc) is 2.39. The summed E-state index contributed by atoms with van der Waals surface area (Å²) >= 11 is 0. The molecule has 4 heteroatoms. The van der Waals surface area contributed by atoms with Gasteiger partial charge in [-0.2, -0.15) is 0 Å². The molecule has 0 saturated carbocycles. The highest BCUT2D eigenvalue weighted by atomic mass is 16.4. The minimum Gasteiger partial charge on any atom is -0.478 e. The van der Waals surface area contributed by atoms with Gasteiger partial charge in [0, 0.05) is 13.1 Å². The van der Waals surface area contributed by atoms with Gasteiger partial charge in [-0.1, -0.05) is 25.1 Å². The van der Waals surface area contributed by atoms with Gasteiger partial charge in [-0.25, -0.2) is 4.79 Å². The van der Waals surface area contributed by atoms with E-state index in [0.29, 0.717) is 11.5 Å². The fourth-order valence-electron chi connectivity index (χ4n) is 2.42. The first-order valence-corrected chi connectivity index (χ1v) is 6.67. The predicted octanol–water partition coefficient (Wildman–Crippen LogP) is 2.19. The molecule has 0 unspecified atom stereocenters. The van der Waals surface area contributed by atoms with E-state index < -0.39 is 5.97 Å². The highest BCUT2D eigenvalue weighted by molar-refractivity contribution is 5.91. The Labute approximate surface area is 113 Å². The van der Waals surface area contributed by atoms with Gasteiger partial charge in [-0.15, -0.1) is 0 Å². The highest BCUT2D eigenvalue weighted by Gasteiger charge is 2.21. The van der Waals surface area contributed by atoms with Crippen LogP contribution in [0, 0.1) is 5.92 Å². The van der Waals surface area contributed by atoms with E-state index in [1.165, 1.54) is 0 Å². The number of hydrogen-bond acceptors (Lipinski definition) is 2. The molecule has 1 heterocycles. The first-order valence-electron chi connectivity index (χ1n) is 6.67. The number of carboxylic acid groups (broad SMARTS) is 1. The third kappa shape index (κ3) is 3.34. The Kier molecular flexibility index (Phi) is 4.20. The van der Waals surface area contributed by atoms with Gasteiger partial charge in [0.2, 0.25) is 5.91 Å². The summed E-state index contributed by atoms with van der Waals surface area (Å²) in [6, 6.07) is 6.71. The molecule has 0 spiro atoms. The molecule has 1 aromatic carbocycles. The maximum atomic E-state index is 12.2. The van der Waals surface area contributed by atoms with E-state index in [2.05, 4.69) is 6.92 Å². The van der Waals surface area contributed by atoms with Crippen molar-refractivity contribution < 1.29 is 14.7 Å². The Morgan fingerprint density at radius 3 is 2.53 bits per heavy atom. The van der Waals surface area contributed by atoms with Gasteiger partial charge in [-0.3, -0.25) is 4.79 Å². The molecule has 1 amide bonds. The van der Waals surface area contributed by atoms with Gasteiger partial charge in [0.15, 0.2) is 0 Å². The van der Waals surface area contributed by atoms with Gasteiger partial charge in [0.25, 0.3) is 0 Å². The summed E-state index contributed by atoms with van der Waals surface area (Å²) in [7, 11) is 0. The number of rotatable bonds is 3. The van der Waals surface area contributed by atoms with E-state index in [9.17, 15) is 9.59 Å². The smallest absolute Gasteiger partial charge is 0.335 e. The van der Waals surface area contributed by atoms with E-state index in [1.54, 1.807) is 24.3 Å². The summed E-state index contributed by atoms with van der Waals surface area (Å²) in [5, 5.41) is 9.10. The van der Waals surface area contributed by atoms with Crippen molar-refractivity contribution in [2.45, 2.75) is 26.2 Å². The van der Waals surface area contributed by atoms with Crippen LogP contribution >= 0.6 is 0 Å². The Morgan fingerprint density at radius 2 is 1.89 bits per heavy atom. The molecule has 1 saturated heterocycles. The van der Waals surface area contributed by atoms with Crippen molar-refractivity contribution in [3.05, 3.63) is 35.4 Å². The van der Waals surface area contributed by atoms with Crippen LogP contribution in [0.5, 0.6) is 0 Å². The number of benzene rings is 1. The van der Waals surface area contributed by atoms with Gasteiger partial charge in [0.1, 0.15) is 0 Å². The second-order valence-corrected chi connectivity index (χ2v) is 5.20. The van der Waals surface area contributed by atoms with Crippen molar-refractivity contribution in [2.75, 3.05) is 13.1 Å². The molecular formula is C15H19NO3. The lowest BCUT2D eigenvalue weighted by atomic mass is 9.98. The molecule has 0 atom stereocenters. The summed E-state index contributed by atoms with van der Waals surface area (Å²) in [4.78, 5) is 25.1. The zero-order chi connectivity index (χ0) is 13.8. The number of carbonyl (C=O) groups is 2. The fraction of sp³-hybridized carbons (Fsp3) is 0.467. The average molecular weight is 261 g/mol. The maximum Gasteiger partial charge on any atom is 0.335 e. The van der Waals surface area contributed by atoms with Crippen LogP contribution in [0.2, 0.25) is 0 Å². The summed E-state index contributed by atoms with van der Waals surface area (Å²) in [5.41, 5.74) is 0.819. The monoisotopic (exact) mass is 261 g/mol. The van der Waals surface area contributed by atoms with Crippen LogP contribution in [0.4, 0.5) is 0 Å². The highest BCUT2D eigenvalue weighted by Crippen LogP contribution is 2.18. The molecule has 0 radical (unpaired) electrons. The van der Waals surface area contributed by atoms with E-state index in [4.69, 9.17) is 5.11 Å². The number of likely N-dealkylation sites (tertiary alicyclic amines) is 1. The lowest BCUT2D eigenvalue weighted by Crippen LogP contribution is -2.38. The summed E-state index contributed by atoms with van der Waals surface area (Å²) in [5.74, 6) is -0.272. The zero-order valence-electron chi connectivity index (χ0n) is 11.1. The molecule has 2 rings (SSSR count). The fourth-order valence-corrected chi connectivity index (χ4v) is 2.42. The van der Waals surface area contributed by atoms with Crippen LogP contribution in [0.25, 0.3) is 0 Å². The van der Waals surface area contributed by atoms with Crippen molar-refractivity contribution in [1.29, 1.82) is 0 Å². The quantitative estimate of drug-likeness (QED) is 0.907. The minimum absolute atomic E-state index is 0.0283. The molecule has 0 bridgehead atoms. The Balaban J connectivity index is 2.05. The number of nitrogens with zero attached hydrogens (tertiary/aromatic N) is 1. The standard InChI is InChI=1S/C15H19NO3/c1-11-6-8-16(9-7-11)14(17)10-12-4-2-3-5-13(12)15(18)19/h2-5,11H,6-10H2,1H3,(H,18,19). The second kappa shape index (κ2) is 5.87. The lowest BCUT2D eigenvalue weighted by molar-refractivity contribution is -0.131. The third-order valence-electron chi connectivity index (χ3n) is 3.73. The van der Waals surface area contributed by atoms with Crippen LogP contribution in [0.3, 0.4) is 0 Å². The summed E-state index contributed by atoms with van der Waals surface area (Å²) in [6.45, 7) is 3.77. The summed E-state index contributed by atoms with van der Waals surface area (Å²) in [6.07, 6.45) is 2.25. The number of hydrogen-bond donors (Lipinski definition) is 1. The minimum atomic E-state index is -0.976. The molecule has 1 N–H and O–H groups in total. The second-order valence-electron chi connectivity index (χ2n) is 5.20. The normalized spacial score (nSPS) is 16.4. The predicted molar refractivity (Wildman–Crippen MR) is 72.1 cm³/mol. The van der Waals surface area contributed by atoms with Crippen molar-refractivity contribution in [3.8, 4) is 0 Å². The lowest BCUT2D eigenvalue weighted by Gasteiger charge is -2.30. The third-order valence-corrected chi connectivity index (χ3v) is 3.73. The molecule has 1 aromatic rings. The number of carbonyl (C=O) groups excluding carboxylic acids is 1. The van der Waals surface area contributed by atoms with Gasteiger partial charge in [0.05, 0.1) is 12.0 Å². The molecule has 0 aromatic heterocycles. The molecular weight excluding hydrogens is 242 g/mol. The van der Waals surface area contributed by atoms with E-state index in [-0.39, 0.29) is 17.9 Å². The van der Waals surface area contributed by atoms with Gasteiger partial charge >= 0.3 is 5.97 Å². The number of aromatic carboxylic acids is 1. The van der Waals surface area contributed by atoms with Crippen LogP contribution < -0.4 is 0 Å². The molecule has 19 heavy (non-hydrogen) atoms. The molecule has 0 aliphatic carbocycles. The SMILES string of the molecule is CC1CCN(C(=O)Cc2ccccc2C(=O)O)CC1. The topological polar surface area (TPSA) is 57.6 Å². The van der Waals surface area contributed by atoms with E-state index in [0.717, 1.165) is 25.9 Å². The Hall–Kier alpha value is -1.84. The molecule has 1 fully saturated rings. The van der Waals surface area contributed by atoms with Gasteiger partial charge in [-0.05, 0) is 30.4 Å². The first-order chi connectivity index (χ1) is 9.08. The molecule has 1 aliphatic heterocycles. The molecule has 4 nitrogen and oxygen atoms in total. The largest absolute Gasteiger partial charge is 0.478 e. The molecule has 1 aliphatic rings. The van der Waals surface area contributed by atoms with Crippen molar-refractivity contribution >= 4 is 11.9 Å². The number of piperidine rings is 1. The van der Waals surface area contributed by atoms with E-state index >= 15 is 0 Å². The summed E-state index contributed by atoms with van der Waals surface area (Å²) < 4.78 is 0. The van der Waals surface area contributed by atoms with Crippen LogP contribution in [0.1, 0.15) is 35.7 Å². The number of carboxylic acids is 1. The maximum absolute atomic E-state index is 12.2. The van der Waals surface area contributed by atoms with Crippen LogP contribution in [0.15, 0.2) is 24.3 Å². The van der Waals surface area contributed by atoms with Crippen molar-refractivity contribution in [2.24, 2.45) is 5.92 Å².